The molecule has 1 N–H and O–H groups in total. The number of halogens is 1. The van der Waals surface area contributed by atoms with E-state index in [0.29, 0.717) is 11.0 Å². The predicted octanol–water partition coefficient (Wildman–Crippen LogP) is 2.34. The maximum atomic E-state index is 5.66. The Balaban J connectivity index is 2.79. The monoisotopic (exact) mass is 209 g/mol. The van der Waals surface area contributed by atoms with Crippen LogP contribution in [0.5, 0.6) is 0 Å². The molecule has 1 atom stereocenters. The summed E-state index contributed by atoms with van der Waals surface area (Å²) in [4.78, 5) is 8.02. The molecule has 0 amide bonds. The summed E-state index contributed by atoms with van der Waals surface area (Å²) in [5.41, 5.74) is -0.409. The van der Waals surface area contributed by atoms with Gasteiger partial charge >= 0.3 is 0 Å². The molecule has 0 aromatic carbocycles. The summed E-state index contributed by atoms with van der Waals surface area (Å²) in [6, 6.07) is 0. The Kier molecular flexibility index (Phi) is 3.32. The van der Waals surface area contributed by atoms with Crippen LogP contribution in [0.2, 0.25) is 5.02 Å². The van der Waals surface area contributed by atoms with Crippen LogP contribution in [0.3, 0.4) is 0 Å². The Hall–Kier alpha value is -1.27. The number of hydrogen-bond acceptors (Lipinski definition) is 3. The Morgan fingerprint density at radius 1 is 1.57 bits per heavy atom. The Bertz CT molecular complexity index is 341. The van der Waals surface area contributed by atoms with Crippen LogP contribution < -0.4 is 5.32 Å². The molecule has 0 aliphatic heterocycles. The SMILES string of the molecule is C#CC(C)(CC)Nc1ncc(Cl)cn1. The van der Waals surface area contributed by atoms with Crippen molar-refractivity contribution in [1.29, 1.82) is 0 Å². The highest BCUT2D eigenvalue weighted by Gasteiger charge is 2.18. The summed E-state index contributed by atoms with van der Waals surface area (Å²) in [6.07, 6.45) is 9.26. The molecule has 0 radical (unpaired) electrons. The highest BCUT2D eigenvalue weighted by molar-refractivity contribution is 6.30. The van der Waals surface area contributed by atoms with Gasteiger partial charge in [-0.2, -0.15) is 0 Å². The Morgan fingerprint density at radius 2 is 2.14 bits per heavy atom. The van der Waals surface area contributed by atoms with Crippen molar-refractivity contribution in [3.05, 3.63) is 17.4 Å². The first-order valence-corrected chi connectivity index (χ1v) is 4.71. The average Bonchev–Trinajstić information content (AvgIpc) is 2.21. The molecule has 1 unspecified atom stereocenters. The van der Waals surface area contributed by atoms with Crippen LogP contribution in [0.15, 0.2) is 12.4 Å². The van der Waals surface area contributed by atoms with Gasteiger partial charge < -0.3 is 5.32 Å². The molecule has 0 aliphatic carbocycles. The zero-order chi connectivity index (χ0) is 10.6. The van der Waals surface area contributed by atoms with Gasteiger partial charge in [-0.3, -0.25) is 0 Å². The van der Waals surface area contributed by atoms with Gasteiger partial charge in [0.25, 0.3) is 0 Å². The molecule has 14 heavy (non-hydrogen) atoms. The van der Waals surface area contributed by atoms with Gasteiger partial charge in [-0.1, -0.05) is 24.4 Å². The molecule has 1 aromatic heterocycles. The van der Waals surface area contributed by atoms with Crippen molar-refractivity contribution in [1.82, 2.24) is 9.97 Å². The number of hydrogen-bond donors (Lipinski definition) is 1. The van der Waals surface area contributed by atoms with Crippen molar-refractivity contribution in [2.75, 3.05) is 5.32 Å². The van der Waals surface area contributed by atoms with Gasteiger partial charge in [0.1, 0.15) is 0 Å². The largest absolute Gasteiger partial charge is 0.338 e. The lowest BCUT2D eigenvalue weighted by molar-refractivity contribution is 0.628. The van der Waals surface area contributed by atoms with Gasteiger partial charge in [0, 0.05) is 0 Å². The van der Waals surface area contributed by atoms with Crippen molar-refractivity contribution in [3.8, 4) is 12.3 Å². The highest BCUT2D eigenvalue weighted by Crippen LogP contribution is 2.14. The fraction of sp³-hybridized carbons (Fsp3) is 0.400. The molecule has 1 aromatic rings. The standard InChI is InChI=1S/C10H12ClN3/c1-4-10(3,5-2)14-9-12-6-8(11)7-13-9/h1,6-7H,5H2,2-3H3,(H,12,13,14). The summed E-state index contributed by atoms with van der Waals surface area (Å²) in [6.45, 7) is 3.92. The van der Waals surface area contributed by atoms with Gasteiger partial charge in [-0.05, 0) is 13.3 Å². The minimum Gasteiger partial charge on any atom is -0.338 e. The first-order valence-electron chi connectivity index (χ1n) is 4.33. The highest BCUT2D eigenvalue weighted by atomic mass is 35.5. The van der Waals surface area contributed by atoms with Gasteiger partial charge in [-0.25, -0.2) is 9.97 Å². The first kappa shape index (κ1) is 10.8. The van der Waals surface area contributed by atoms with E-state index in [4.69, 9.17) is 18.0 Å². The molecular formula is C10H12ClN3. The fourth-order valence-corrected chi connectivity index (χ4v) is 0.948. The third-order valence-corrected chi connectivity index (χ3v) is 2.23. The molecule has 1 rings (SSSR count). The van der Waals surface area contributed by atoms with Gasteiger partial charge in [-0.15, -0.1) is 6.42 Å². The smallest absolute Gasteiger partial charge is 0.223 e. The second kappa shape index (κ2) is 4.30. The number of nitrogens with zero attached hydrogens (tertiary/aromatic N) is 2. The van der Waals surface area contributed by atoms with E-state index in [2.05, 4.69) is 21.2 Å². The number of aromatic nitrogens is 2. The number of anilines is 1. The van der Waals surface area contributed by atoms with Crippen molar-refractivity contribution in [2.24, 2.45) is 0 Å². The van der Waals surface area contributed by atoms with E-state index < -0.39 is 5.54 Å². The first-order chi connectivity index (χ1) is 6.59. The van der Waals surface area contributed by atoms with E-state index in [0.717, 1.165) is 6.42 Å². The Morgan fingerprint density at radius 3 is 2.57 bits per heavy atom. The predicted molar refractivity (Wildman–Crippen MR) is 58.2 cm³/mol. The molecule has 0 aliphatic rings. The van der Waals surface area contributed by atoms with Crippen molar-refractivity contribution >= 4 is 17.5 Å². The summed E-state index contributed by atoms with van der Waals surface area (Å²) < 4.78 is 0. The zero-order valence-corrected chi connectivity index (χ0v) is 8.97. The van der Waals surface area contributed by atoms with Crippen LogP contribution in [0.1, 0.15) is 20.3 Å². The molecular weight excluding hydrogens is 198 g/mol. The molecule has 74 valence electrons. The third-order valence-electron chi connectivity index (χ3n) is 2.03. The lowest BCUT2D eigenvalue weighted by Crippen LogP contribution is -2.32. The van der Waals surface area contributed by atoms with Crippen molar-refractivity contribution < 1.29 is 0 Å². The van der Waals surface area contributed by atoms with Crippen LogP contribution in [-0.2, 0) is 0 Å². The molecule has 0 fully saturated rings. The number of terminal acetylenes is 1. The van der Waals surface area contributed by atoms with E-state index in [1.807, 2.05) is 13.8 Å². The van der Waals surface area contributed by atoms with E-state index in [1.165, 1.54) is 12.4 Å². The van der Waals surface area contributed by atoms with Crippen LogP contribution >= 0.6 is 11.6 Å². The van der Waals surface area contributed by atoms with E-state index in [1.54, 1.807) is 0 Å². The zero-order valence-electron chi connectivity index (χ0n) is 8.21. The van der Waals surface area contributed by atoms with Crippen LogP contribution in [-0.4, -0.2) is 15.5 Å². The molecule has 0 bridgehead atoms. The fourth-order valence-electron chi connectivity index (χ4n) is 0.850. The summed E-state index contributed by atoms with van der Waals surface area (Å²) in [7, 11) is 0. The summed E-state index contributed by atoms with van der Waals surface area (Å²) in [5.74, 6) is 3.16. The number of nitrogens with one attached hydrogen (secondary N) is 1. The maximum Gasteiger partial charge on any atom is 0.223 e. The van der Waals surface area contributed by atoms with Crippen LogP contribution in [0.4, 0.5) is 5.95 Å². The molecule has 0 saturated heterocycles. The van der Waals surface area contributed by atoms with Gasteiger partial charge in [0.05, 0.1) is 23.0 Å². The minimum absolute atomic E-state index is 0.409. The number of rotatable bonds is 3. The maximum absolute atomic E-state index is 5.66. The quantitative estimate of drug-likeness (QED) is 0.777. The Labute approximate surface area is 88.9 Å². The lowest BCUT2D eigenvalue weighted by Gasteiger charge is -2.22. The molecule has 4 heteroatoms. The summed E-state index contributed by atoms with van der Waals surface area (Å²) >= 11 is 5.66. The molecule has 3 nitrogen and oxygen atoms in total. The second-order valence-corrected chi connectivity index (χ2v) is 3.62. The van der Waals surface area contributed by atoms with Crippen molar-refractivity contribution in [2.45, 2.75) is 25.8 Å². The average molecular weight is 210 g/mol. The lowest BCUT2D eigenvalue weighted by atomic mass is 10.0. The normalized spacial score (nSPS) is 14.1. The van der Waals surface area contributed by atoms with Gasteiger partial charge in [0.2, 0.25) is 5.95 Å². The van der Waals surface area contributed by atoms with Crippen molar-refractivity contribution in [3.63, 3.8) is 0 Å². The molecule has 1 heterocycles. The van der Waals surface area contributed by atoms with E-state index in [9.17, 15) is 0 Å². The van der Waals surface area contributed by atoms with Crippen LogP contribution in [0, 0.1) is 12.3 Å². The topological polar surface area (TPSA) is 37.8 Å². The van der Waals surface area contributed by atoms with E-state index in [-0.39, 0.29) is 0 Å². The van der Waals surface area contributed by atoms with Gasteiger partial charge in [0.15, 0.2) is 0 Å². The van der Waals surface area contributed by atoms with E-state index >= 15 is 0 Å². The third kappa shape index (κ3) is 2.61. The molecule has 0 saturated carbocycles. The second-order valence-electron chi connectivity index (χ2n) is 3.18. The van der Waals surface area contributed by atoms with Crippen LogP contribution in [0.25, 0.3) is 0 Å². The summed E-state index contributed by atoms with van der Waals surface area (Å²) in [5, 5.41) is 3.57. The minimum atomic E-state index is -0.409. The molecule has 0 spiro atoms.